The Morgan fingerprint density at radius 3 is 2.50 bits per heavy atom. The standard InChI is InChI=1S/C14H13N3O/c1-11-2-4-12(5-3-11)10-16-17-14(18)13-6-8-15-9-7-13/h2-10H,1H3,(H,17,18)/b16-10-. The maximum absolute atomic E-state index is 11.6. The lowest BCUT2D eigenvalue weighted by atomic mass is 10.2. The van der Waals surface area contributed by atoms with Crippen molar-refractivity contribution in [2.75, 3.05) is 0 Å². The van der Waals surface area contributed by atoms with E-state index in [0.717, 1.165) is 5.56 Å². The van der Waals surface area contributed by atoms with Crippen molar-refractivity contribution < 1.29 is 4.79 Å². The summed E-state index contributed by atoms with van der Waals surface area (Å²) in [5.74, 6) is -0.249. The highest BCUT2D eigenvalue weighted by Gasteiger charge is 2.01. The van der Waals surface area contributed by atoms with Crippen LogP contribution >= 0.6 is 0 Å². The van der Waals surface area contributed by atoms with E-state index in [0.29, 0.717) is 5.56 Å². The van der Waals surface area contributed by atoms with Gasteiger partial charge in [0.15, 0.2) is 0 Å². The van der Waals surface area contributed by atoms with E-state index in [9.17, 15) is 4.79 Å². The molecule has 1 aromatic heterocycles. The molecular formula is C14H13N3O. The predicted octanol–water partition coefficient (Wildman–Crippen LogP) is 2.15. The minimum atomic E-state index is -0.249. The van der Waals surface area contributed by atoms with Crippen molar-refractivity contribution in [2.24, 2.45) is 5.10 Å². The van der Waals surface area contributed by atoms with Crippen LogP contribution in [0.1, 0.15) is 21.5 Å². The summed E-state index contributed by atoms with van der Waals surface area (Å²) in [7, 11) is 0. The first-order chi connectivity index (χ1) is 8.75. The second-order valence-corrected chi connectivity index (χ2v) is 3.85. The molecule has 0 aliphatic rings. The lowest BCUT2D eigenvalue weighted by Crippen LogP contribution is -2.17. The quantitative estimate of drug-likeness (QED) is 0.659. The van der Waals surface area contributed by atoms with Crippen molar-refractivity contribution in [1.29, 1.82) is 0 Å². The molecule has 0 unspecified atom stereocenters. The van der Waals surface area contributed by atoms with Gasteiger partial charge < -0.3 is 0 Å². The summed E-state index contributed by atoms with van der Waals surface area (Å²) in [4.78, 5) is 15.5. The Labute approximate surface area is 105 Å². The highest BCUT2D eigenvalue weighted by Crippen LogP contribution is 2.00. The van der Waals surface area contributed by atoms with E-state index in [1.165, 1.54) is 5.56 Å². The van der Waals surface area contributed by atoms with Crippen molar-refractivity contribution in [3.63, 3.8) is 0 Å². The molecule has 4 nitrogen and oxygen atoms in total. The van der Waals surface area contributed by atoms with Gasteiger partial charge in [-0.15, -0.1) is 0 Å². The molecule has 1 amide bonds. The molecule has 0 saturated carbocycles. The van der Waals surface area contributed by atoms with Crippen molar-refractivity contribution in [3.05, 3.63) is 65.5 Å². The lowest BCUT2D eigenvalue weighted by molar-refractivity contribution is 0.0955. The van der Waals surface area contributed by atoms with Crippen molar-refractivity contribution in [1.82, 2.24) is 10.4 Å². The van der Waals surface area contributed by atoms with Crippen LogP contribution in [-0.4, -0.2) is 17.1 Å². The van der Waals surface area contributed by atoms with Gasteiger partial charge >= 0.3 is 0 Å². The number of nitrogens with one attached hydrogen (secondary N) is 1. The third kappa shape index (κ3) is 3.25. The van der Waals surface area contributed by atoms with Crippen LogP contribution in [-0.2, 0) is 0 Å². The van der Waals surface area contributed by atoms with Crippen LogP contribution in [0, 0.1) is 6.92 Å². The average Bonchev–Trinajstić information content (AvgIpc) is 2.42. The Morgan fingerprint density at radius 1 is 1.17 bits per heavy atom. The summed E-state index contributed by atoms with van der Waals surface area (Å²) in [6, 6.07) is 11.1. The molecule has 0 saturated heterocycles. The highest BCUT2D eigenvalue weighted by atomic mass is 16.2. The molecule has 0 aliphatic heterocycles. The second-order valence-electron chi connectivity index (χ2n) is 3.85. The van der Waals surface area contributed by atoms with Crippen LogP contribution in [0.2, 0.25) is 0 Å². The number of benzene rings is 1. The number of carbonyl (C=O) groups excluding carboxylic acids is 1. The van der Waals surface area contributed by atoms with Crippen molar-refractivity contribution >= 4 is 12.1 Å². The number of hydrogen-bond donors (Lipinski definition) is 1. The van der Waals surface area contributed by atoms with Crippen LogP contribution in [0.4, 0.5) is 0 Å². The summed E-state index contributed by atoms with van der Waals surface area (Å²) in [6.45, 7) is 2.02. The van der Waals surface area contributed by atoms with Gasteiger partial charge in [-0.3, -0.25) is 9.78 Å². The van der Waals surface area contributed by atoms with Crippen LogP contribution in [0.25, 0.3) is 0 Å². The number of hydrazone groups is 1. The van der Waals surface area contributed by atoms with Gasteiger partial charge in [-0.1, -0.05) is 29.8 Å². The summed E-state index contributed by atoms with van der Waals surface area (Å²) in [6.07, 6.45) is 4.75. The SMILES string of the molecule is Cc1ccc(/C=N\NC(=O)c2ccncc2)cc1. The maximum Gasteiger partial charge on any atom is 0.271 e. The summed E-state index contributed by atoms with van der Waals surface area (Å²) < 4.78 is 0. The van der Waals surface area contributed by atoms with E-state index in [-0.39, 0.29) is 5.91 Å². The number of carbonyl (C=O) groups is 1. The first-order valence-corrected chi connectivity index (χ1v) is 5.56. The predicted molar refractivity (Wildman–Crippen MR) is 70.5 cm³/mol. The van der Waals surface area contributed by atoms with Gasteiger partial charge in [-0.25, -0.2) is 5.43 Å². The zero-order chi connectivity index (χ0) is 12.8. The van der Waals surface area contributed by atoms with E-state index < -0.39 is 0 Å². The van der Waals surface area contributed by atoms with E-state index in [1.54, 1.807) is 30.7 Å². The zero-order valence-electron chi connectivity index (χ0n) is 10.00. The molecule has 0 atom stereocenters. The van der Waals surface area contributed by atoms with E-state index in [4.69, 9.17) is 0 Å². The first kappa shape index (κ1) is 12.0. The van der Waals surface area contributed by atoms with E-state index in [2.05, 4.69) is 15.5 Å². The normalized spacial score (nSPS) is 10.5. The lowest BCUT2D eigenvalue weighted by Gasteiger charge is -1.98. The molecule has 0 spiro atoms. The molecule has 1 aromatic carbocycles. The second kappa shape index (κ2) is 5.72. The van der Waals surface area contributed by atoms with Crippen molar-refractivity contribution in [2.45, 2.75) is 6.92 Å². The molecule has 2 aromatic rings. The minimum Gasteiger partial charge on any atom is -0.267 e. The third-order valence-corrected chi connectivity index (χ3v) is 2.40. The van der Waals surface area contributed by atoms with Gasteiger partial charge in [0, 0.05) is 18.0 Å². The van der Waals surface area contributed by atoms with Crippen molar-refractivity contribution in [3.8, 4) is 0 Å². The highest BCUT2D eigenvalue weighted by molar-refractivity contribution is 5.94. The van der Waals surface area contributed by atoms with Gasteiger partial charge in [0.25, 0.3) is 5.91 Å². The summed E-state index contributed by atoms with van der Waals surface area (Å²) in [5.41, 5.74) is 5.13. The fraction of sp³-hybridized carbons (Fsp3) is 0.0714. The number of aryl methyl sites for hydroxylation is 1. The minimum absolute atomic E-state index is 0.249. The van der Waals surface area contributed by atoms with Crippen LogP contribution in [0.15, 0.2) is 53.9 Å². The number of nitrogens with zero attached hydrogens (tertiary/aromatic N) is 2. The first-order valence-electron chi connectivity index (χ1n) is 5.56. The summed E-state index contributed by atoms with van der Waals surface area (Å²) in [5, 5.41) is 3.90. The Balaban J connectivity index is 1.96. The number of rotatable bonds is 3. The van der Waals surface area contributed by atoms with Gasteiger partial charge in [0.2, 0.25) is 0 Å². The molecule has 0 bridgehead atoms. The molecule has 0 aliphatic carbocycles. The van der Waals surface area contributed by atoms with Gasteiger partial charge in [0.05, 0.1) is 6.21 Å². The Hall–Kier alpha value is -2.49. The van der Waals surface area contributed by atoms with E-state index in [1.807, 2.05) is 31.2 Å². The van der Waals surface area contributed by atoms with Crippen LogP contribution < -0.4 is 5.43 Å². The number of aromatic nitrogens is 1. The molecule has 1 N–H and O–H groups in total. The molecule has 4 heteroatoms. The Kier molecular flexibility index (Phi) is 3.81. The van der Waals surface area contributed by atoms with Gasteiger partial charge in [-0.2, -0.15) is 5.10 Å². The fourth-order valence-corrected chi connectivity index (χ4v) is 1.39. The fourth-order valence-electron chi connectivity index (χ4n) is 1.39. The third-order valence-electron chi connectivity index (χ3n) is 2.40. The molecule has 1 heterocycles. The molecule has 0 radical (unpaired) electrons. The monoisotopic (exact) mass is 239 g/mol. The Morgan fingerprint density at radius 2 is 1.83 bits per heavy atom. The molecule has 18 heavy (non-hydrogen) atoms. The summed E-state index contributed by atoms with van der Waals surface area (Å²) >= 11 is 0. The van der Waals surface area contributed by atoms with Crippen LogP contribution in [0.3, 0.4) is 0 Å². The van der Waals surface area contributed by atoms with Gasteiger partial charge in [-0.05, 0) is 24.6 Å². The zero-order valence-corrected chi connectivity index (χ0v) is 10.00. The smallest absolute Gasteiger partial charge is 0.267 e. The molecule has 0 fully saturated rings. The number of pyridine rings is 1. The molecule has 90 valence electrons. The number of amides is 1. The average molecular weight is 239 g/mol. The number of hydrogen-bond acceptors (Lipinski definition) is 3. The largest absolute Gasteiger partial charge is 0.271 e. The maximum atomic E-state index is 11.6. The molecule has 2 rings (SSSR count). The van der Waals surface area contributed by atoms with Crippen LogP contribution in [0.5, 0.6) is 0 Å². The Bertz CT molecular complexity index is 547. The topological polar surface area (TPSA) is 54.4 Å². The van der Waals surface area contributed by atoms with E-state index >= 15 is 0 Å². The molecular weight excluding hydrogens is 226 g/mol. The van der Waals surface area contributed by atoms with Gasteiger partial charge in [0.1, 0.15) is 0 Å².